The lowest BCUT2D eigenvalue weighted by Gasteiger charge is -2.32. The van der Waals surface area contributed by atoms with Gasteiger partial charge in [0.25, 0.3) is 0 Å². The first-order chi connectivity index (χ1) is 11.8. The fourth-order valence-corrected chi connectivity index (χ4v) is 4.55. The minimum Gasteiger partial charge on any atom is -0.465 e. The number of sulfonamides is 1. The minimum absolute atomic E-state index is 0.125. The molecule has 142 valence electrons. The molecule has 1 atom stereocenters. The van der Waals surface area contributed by atoms with Crippen LogP contribution in [0.25, 0.3) is 0 Å². The molecule has 0 aliphatic heterocycles. The molecule has 0 amide bonds. The van der Waals surface area contributed by atoms with Crippen LogP contribution in [0.5, 0.6) is 0 Å². The summed E-state index contributed by atoms with van der Waals surface area (Å²) in [5.74, 6) is -0.494. The Morgan fingerprint density at radius 1 is 1.16 bits per heavy atom. The Kier molecular flexibility index (Phi) is 8.38. The minimum atomic E-state index is -3.84. The van der Waals surface area contributed by atoms with Gasteiger partial charge in [-0.05, 0) is 51.5 Å². The number of ether oxygens (including phenoxy) is 1. The molecule has 0 saturated heterocycles. The molecule has 1 unspecified atom stereocenters. The number of rotatable bonds is 10. The van der Waals surface area contributed by atoms with E-state index in [0.717, 1.165) is 19.3 Å². The largest absolute Gasteiger partial charge is 0.465 e. The first-order valence-corrected chi connectivity index (χ1v) is 10.2. The maximum absolute atomic E-state index is 13.1. The van der Waals surface area contributed by atoms with E-state index in [1.807, 2.05) is 0 Å². The molecule has 0 spiro atoms. The van der Waals surface area contributed by atoms with E-state index in [-0.39, 0.29) is 17.5 Å². The van der Waals surface area contributed by atoms with Crippen molar-refractivity contribution < 1.29 is 17.9 Å². The Morgan fingerprint density at radius 3 is 2.24 bits per heavy atom. The highest BCUT2D eigenvalue weighted by Gasteiger charge is 2.38. The number of carbonyl (C=O) groups excluding carboxylic acids is 1. The number of hydrogen-bond donors (Lipinski definition) is 1. The van der Waals surface area contributed by atoms with E-state index in [9.17, 15) is 13.2 Å². The van der Waals surface area contributed by atoms with Crippen LogP contribution in [0.3, 0.4) is 0 Å². The van der Waals surface area contributed by atoms with Crippen molar-refractivity contribution in [3.63, 3.8) is 0 Å². The summed E-state index contributed by atoms with van der Waals surface area (Å²) in [4.78, 5) is 12.6. The van der Waals surface area contributed by atoms with Crippen LogP contribution >= 0.6 is 0 Å². The summed E-state index contributed by atoms with van der Waals surface area (Å²) in [5.41, 5.74) is 6.14. The summed E-state index contributed by atoms with van der Waals surface area (Å²) in [6.07, 6.45) is 3.13. The summed E-state index contributed by atoms with van der Waals surface area (Å²) in [6.45, 7) is 7.53. The molecule has 7 heteroatoms. The standard InChI is InChI=1S/C18H30N2O4S/c1-5-7-8-9-17(18(21)24-6-2)20(14(3)4)25(22,23)16-12-10-15(19)11-13-16/h10-14,17H,5-9,19H2,1-4H3. The molecule has 0 radical (unpaired) electrons. The summed E-state index contributed by atoms with van der Waals surface area (Å²) < 4.78 is 32.7. The first-order valence-electron chi connectivity index (χ1n) is 8.81. The van der Waals surface area contributed by atoms with Gasteiger partial charge in [0.1, 0.15) is 6.04 Å². The normalized spacial score (nSPS) is 13.2. The van der Waals surface area contributed by atoms with Crippen molar-refractivity contribution in [3.05, 3.63) is 24.3 Å². The molecule has 0 aromatic heterocycles. The van der Waals surface area contributed by atoms with Gasteiger partial charge >= 0.3 is 5.97 Å². The quantitative estimate of drug-likeness (QED) is 0.388. The number of benzene rings is 1. The lowest BCUT2D eigenvalue weighted by Crippen LogP contribution is -2.49. The predicted molar refractivity (Wildman–Crippen MR) is 99.6 cm³/mol. The van der Waals surface area contributed by atoms with Crippen LogP contribution in [-0.4, -0.2) is 37.4 Å². The van der Waals surface area contributed by atoms with Gasteiger partial charge in [0.15, 0.2) is 0 Å². The van der Waals surface area contributed by atoms with Crippen LogP contribution in [0.4, 0.5) is 5.69 Å². The van der Waals surface area contributed by atoms with Gasteiger partial charge in [0.05, 0.1) is 11.5 Å². The van der Waals surface area contributed by atoms with Crippen LogP contribution in [0, 0.1) is 0 Å². The number of anilines is 1. The van der Waals surface area contributed by atoms with Crippen LogP contribution in [-0.2, 0) is 19.6 Å². The molecule has 25 heavy (non-hydrogen) atoms. The second kappa shape index (κ2) is 9.77. The molecular formula is C18H30N2O4S. The van der Waals surface area contributed by atoms with Crippen molar-refractivity contribution in [1.82, 2.24) is 4.31 Å². The maximum atomic E-state index is 13.1. The molecule has 0 saturated carbocycles. The monoisotopic (exact) mass is 370 g/mol. The highest BCUT2D eigenvalue weighted by molar-refractivity contribution is 7.89. The smallest absolute Gasteiger partial charge is 0.324 e. The van der Waals surface area contributed by atoms with E-state index in [2.05, 4.69) is 6.92 Å². The summed E-state index contributed by atoms with van der Waals surface area (Å²) in [7, 11) is -3.84. The summed E-state index contributed by atoms with van der Waals surface area (Å²) >= 11 is 0. The van der Waals surface area contributed by atoms with Crippen molar-refractivity contribution >= 4 is 21.7 Å². The predicted octanol–water partition coefficient (Wildman–Crippen LogP) is 3.18. The van der Waals surface area contributed by atoms with Crippen molar-refractivity contribution in [2.45, 2.75) is 70.4 Å². The molecular weight excluding hydrogens is 340 g/mol. The Hall–Kier alpha value is -1.60. The van der Waals surface area contributed by atoms with Gasteiger partial charge in [0, 0.05) is 11.7 Å². The maximum Gasteiger partial charge on any atom is 0.324 e. The molecule has 1 aromatic carbocycles. The lowest BCUT2D eigenvalue weighted by molar-refractivity contribution is -0.148. The van der Waals surface area contributed by atoms with Gasteiger partial charge in [-0.2, -0.15) is 4.31 Å². The fourth-order valence-electron chi connectivity index (χ4n) is 2.74. The fraction of sp³-hybridized carbons (Fsp3) is 0.611. The van der Waals surface area contributed by atoms with Gasteiger partial charge in [-0.25, -0.2) is 8.42 Å². The first kappa shape index (κ1) is 21.4. The Labute approximate surface area is 151 Å². The number of hydrogen-bond acceptors (Lipinski definition) is 5. The Morgan fingerprint density at radius 2 is 1.76 bits per heavy atom. The average molecular weight is 371 g/mol. The van der Waals surface area contributed by atoms with Crippen LogP contribution in [0.15, 0.2) is 29.2 Å². The van der Waals surface area contributed by atoms with E-state index < -0.39 is 22.0 Å². The van der Waals surface area contributed by atoms with Gasteiger partial charge in [-0.15, -0.1) is 0 Å². The highest BCUT2D eigenvalue weighted by atomic mass is 32.2. The van der Waals surface area contributed by atoms with Crippen LogP contribution < -0.4 is 5.73 Å². The van der Waals surface area contributed by atoms with Crippen LogP contribution in [0.2, 0.25) is 0 Å². The zero-order valence-electron chi connectivity index (χ0n) is 15.6. The van der Waals surface area contributed by atoms with Gasteiger partial charge in [0.2, 0.25) is 10.0 Å². The third kappa shape index (κ3) is 5.71. The molecule has 1 rings (SSSR count). The van der Waals surface area contributed by atoms with E-state index in [1.54, 1.807) is 32.9 Å². The van der Waals surface area contributed by atoms with E-state index in [1.165, 1.54) is 16.4 Å². The second-order valence-electron chi connectivity index (χ2n) is 6.26. The summed E-state index contributed by atoms with van der Waals surface area (Å²) in [5, 5.41) is 0. The number of nitrogens with zero attached hydrogens (tertiary/aromatic N) is 1. The van der Waals surface area contributed by atoms with Crippen molar-refractivity contribution in [2.75, 3.05) is 12.3 Å². The third-order valence-electron chi connectivity index (χ3n) is 3.91. The van der Waals surface area contributed by atoms with E-state index in [4.69, 9.17) is 10.5 Å². The third-order valence-corrected chi connectivity index (χ3v) is 6.01. The van der Waals surface area contributed by atoms with Gasteiger partial charge in [-0.1, -0.05) is 26.2 Å². The highest BCUT2D eigenvalue weighted by Crippen LogP contribution is 2.25. The molecule has 0 aliphatic rings. The number of carbonyl (C=O) groups is 1. The van der Waals surface area contributed by atoms with Crippen molar-refractivity contribution in [1.29, 1.82) is 0 Å². The Balaban J connectivity index is 3.25. The number of esters is 1. The molecule has 0 fully saturated rings. The molecule has 1 aromatic rings. The second-order valence-corrected chi connectivity index (χ2v) is 8.10. The molecule has 0 heterocycles. The zero-order chi connectivity index (χ0) is 19.0. The van der Waals surface area contributed by atoms with Gasteiger partial charge in [-0.3, -0.25) is 4.79 Å². The zero-order valence-corrected chi connectivity index (χ0v) is 16.4. The number of nitrogens with two attached hydrogens (primary N) is 1. The van der Waals surface area contributed by atoms with Gasteiger partial charge < -0.3 is 10.5 Å². The SMILES string of the molecule is CCCCCC(C(=O)OCC)N(C(C)C)S(=O)(=O)c1ccc(N)cc1. The molecule has 0 aliphatic carbocycles. The number of unbranched alkanes of at least 4 members (excludes halogenated alkanes) is 2. The summed E-state index contributed by atoms with van der Waals surface area (Å²) in [6, 6.07) is 4.82. The van der Waals surface area contributed by atoms with Crippen molar-refractivity contribution in [3.8, 4) is 0 Å². The lowest BCUT2D eigenvalue weighted by atomic mass is 10.1. The number of nitrogen functional groups attached to an aromatic ring is 1. The molecule has 2 N–H and O–H groups in total. The van der Waals surface area contributed by atoms with Crippen LogP contribution in [0.1, 0.15) is 53.4 Å². The van der Waals surface area contributed by atoms with E-state index in [0.29, 0.717) is 12.1 Å². The Bertz CT molecular complexity index is 642. The molecule has 0 bridgehead atoms. The molecule has 6 nitrogen and oxygen atoms in total. The average Bonchev–Trinajstić information content (AvgIpc) is 2.54. The topological polar surface area (TPSA) is 89.7 Å². The van der Waals surface area contributed by atoms with E-state index >= 15 is 0 Å². The van der Waals surface area contributed by atoms with Crippen molar-refractivity contribution in [2.24, 2.45) is 0 Å².